The van der Waals surface area contributed by atoms with Gasteiger partial charge in [0.25, 0.3) is 5.79 Å². The van der Waals surface area contributed by atoms with Crippen molar-refractivity contribution in [3.63, 3.8) is 0 Å². The Bertz CT molecular complexity index is 2010. The predicted molar refractivity (Wildman–Crippen MR) is 152 cm³/mol. The number of nitrogens with zero attached hydrogens (tertiary/aromatic N) is 4. The Kier molecular flexibility index (Phi) is 5.69. The molecule has 0 bridgehead atoms. The molecule has 1 aliphatic rings. The van der Waals surface area contributed by atoms with Gasteiger partial charge in [0, 0.05) is 65.0 Å². The number of aliphatic hydroxyl groups is 1. The number of carbonyl (C=O) groups is 1. The molecule has 0 spiro atoms. The molecular formula is C33H24N4O3. The van der Waals surface area contributed by atoms with E-state index in [1.807, 2.05) is 91.0 Å². The van der Waals surface area contributed by atoms with Gasteiger partial charge in [0.1, 0.15) is 23.3 Å². The number of allylic oxidation sites excluding steroid dienone is 1. The maximum Gasteiger partial charge on any atom is 0.264 e. The second-order valence-electron chi connectivity index (χ2n) is 9.96. The summed E-state index contributed by atoms with van der Waals surface area (Å²) in [5.74, 6) is -2.75. The zero-order valence-electron chi connectivity index (χ0n) is 22.1. The van der Waals surface area contributed by atoms with Crippen LogP contribution < -0.4 is 0 Å². The molecule has 0 saturated carbocycles. The molecule has 0 saturated heterocycles. The van der Waals surface area contributed by atoms with Gasteiger partial charge in [-0.15, -0.1) is 0 Å². The van der Waals surface area contributed by atoms with Gasteiger partial charge in [0.05, 0.1) is 5.57 Å². The van der Waals surface area contributed by atoms with Crippen LogP contribution in [0, 0.1) is 29.6 Å². The molecule has 1 atom stereocenters. The summed E-state index contributed by atoms with van der Waals surface area (Å²) in [4.78, 5) is 14.1. The van der Waals surface area contributed by atoms with E-state index in [9.17, 15) is 20.4 Å². The summed E-state index contributed by atoms with van der Waals surface area (Å²) in [5.41, 5.74) is 3.25. The quantitative estimate of drug-likeness (QED) is 0.182. The van der Waals surface area contributed by atoms with Gasteiger partial charge in [-0.1, -0.05) is 66.2 Å². The van der Waals surface area contributed by atoms with Crippen LogP contribution in [0.1, 0.15) is 27.0 Å². The molecule has 1 aliphatic heterocycles. The molecule has 0 aliphatic carbocycles. The highest BCUT2D eigenvalue weighted by molar-refractivity contribution is 6.19. The molecule has 40 heavy (non-hydrogen) atoms. The summed E-state index contributed by atoms with van der Waals surface area (Å²) in [6.45, 7) is 1.91. The number of nitriles is 2. The summed E-state index contributed by atoms with van der Waals surface area (Å²) in [6.07, 6.45) is 3.47. The first kappa shape index (κ1) is 24.9. The maximum atomic E-state index is 14.1. The van der Waals surface area contributed by atoms with Crippen LogP contribution in [0.25, 0.3) is 27.6 Å². The van der Waals surface area contributed by atoms with Crippen LogP contribution in [-0.2, 0) is 24.6 Å². The van der Waals surface area contributed by atoms with Gasteiger partial charge in [-0.25, -0.2) is 0 Å². The van der Waals surface area contributed by atoms with Crippen molar-refractivity contribution in [1.29, 1.82) is 10.5 Å². The second kappa shape index (κ2) is 9.13. The second-order valence-corrected chi connectivity index (χ2v) is 9.96. The summed E-state index contributed by atoms with van der Waals surface area (Å²) in [6, 6.07) is 26.1. The lowest BCUT2D eigenvalue weighted by atomic mass is 9.86. The Labute approximate surface area is 230 Å². The van der Waals surface area contributed by atoms with Crippen molar-refractivity contribution in [3.05, 3.63) is 124 Å². The number of hydrogen-bond donors (Lipinski definition) is 1. The van der Waals surface area contributed by atoms with Crippen LogP contribution in [0.15, 0.2) is 102 Å². The molecule has 1 N–H and O–H groups in total. The lowest BCUT2D eigenvalue weighted by Crippen LogP contribution is -2.29. The standard InChI is InChI=1S/C33H24N4O3/c1-20-12-14-21(15-13-20)33(39)30(24(16-34)31(38)26-18-36(2)28-10-6-4-8-22(26)28)25(17-35)32(40-33)27-19-37(3)29-11-7-5-9-23(27)29/h4-15,18-19,39H,1-3H3/b30-24+. The number of Topliss-reactive ketones (excluding diaryl/α,β-unsaturated/α-hetero) is 1. The third-order valence-corrected chi connectivity index (χ3v) is 7.49. The normalized spacial score (nSPS) is 18.1. The van der Waals surface area contributed by atoms with Gasteiger partial charge in [0.15, 0.2) is 5.76 Å². The van der Waals surface area contributed by atoms with E-state index in [-0.39, 0.29) is 22.5 Å². The monoisotopic (exact) mass is 524 g/mol. The van der Waals surface area contributed by atoms with E-state index in [1.54, 1.807) is 30.5 Å². The first-order chi connectivity index (χ1) is 19.3. The van der Waals surface area contributed by atoms with Crippen LogP contribution in [-0.4, -0.2) is 20.0 Å². The molecule has 3 aromatic carbocycles. The van der Waals surface area contributed by atoms with Gasteiger partial charge in [-0.2, -0.15) is 10.5 Å². The number of para-hydroxylation sites is 2. The van der Waals surface area contributed by atoms with Gasteiger partial charge in [0.2, 0.25) is 5.78 Å². The minimum absolute atomic E-state index is 0.0652. The Balaban J connectivity index is 1.67. The molecule has 6 rings (SSSR count). The van der Waals surface area contributed by atoms with Crippen molar-refractivity contribution >= 4 is 33.3 Å². The number of fused-ring (bicyclic) bond motifs is 2. The minimum Gasteiger partial charge on any atom is -0.452 e. The van der Waals surface area contributed by atoms with E-state index in [1.165, 1.54) is 0 Å². The molecular weight excluding hydrogens is 500 g/mol. The molecule has 0 amide bonds. The molecule has 3 heterocycles. The number of aromatic nitrogens is 2. The highest BCUT2D eigenvalue weighted by atomic mass is 16.6. The lowest BCUT2D eigenvalue weighted by molar-refractivity contribution is -0.120. The van der Waals surface area contributed by atoms with Gasteiger partial charge in [-0.3, -0.25) is 4.79 Å². The van der Waals surface area contributed by atoms with E-state index in [0.29, 0.717) is 22.1 Å². The average molecular weight is 525 g/mol. The SMILES string of the molecule is Cc1ccc(C2(O)OC(c3cn(C)c4ccccc34)=C(C#N)/C2=C(/C#N)C(=O)c2cn(C)c3ccccc23)cc1. The number of ketones is 1. The van der Waals surface area contributed by atoms with Crippen LogP contribution >= 0.6 is 0 Å². The topological polar surface area (TPSA) is 104 Å². The first-order valence-electron chi connectivity index (χ1n) is 12.7. The summed E-state index contributed by atoms with van der Waals surface area (Å²) in [7, 11) is 3.69. The van der Waals surface area contributed by atoms with Crippen LogP contribution in [0.3, 0.4) is 0 Å². The third-order valence-electron chi connectivity index (χ3n) is 7.49. The molecule has 0 fully saturated rings. The Morgan fingerprint density at radius 1 is 0.875 bits per heavy atom. The van der Waals surface area contributed by atoms with E-state index in [0.717, 1.165) is 22.0 Å². The number of carbonyl (C=O) groups excluding carboxylic acids is 1. The van der Waals surface area contributed by atoms with E-state index in [4.69, 9.17) is 4.74 Å². The molecule has 2 aromatic heterocycles. The van der Waals surface area contributed by atoms with Crippen LogP contribution in [0.4, 0.5) is 0 Å². The molecule has 7 heteroatoms. The highest BCUT2D eigenvalue weighted by Gasteiger charge is 2.50. The Morgan fingerprint density at radius 2 is 1.48 bits per heavy atom. The average Bonchev–Trinajstić information content (AvgIpc) is 3.59. The fraction of sp³-hybridized carbons (Fsp3) is 0.121. The zero-order valence-corrected chi connectivity index (χ0v) is 22.1. The van der Waals surface area contributed by atoms with Gasteiger partial charge >= 0.3 is 0 Å². The first-order valence-corrected chi connectivity index (χ1v) is 12.7. The van der Waals surface area contributed by atoms with Crippen molar-refractivity contribution in [2.45, 2.75) is 12.7 Å². The van der Waals surface area contributed by atoms with Crippen molar-refractivity contribution < 1.29 is 14.6 Å². The highest BCUT2D eigenvalue weighted by Crippen LogP contribution is 2.50. The fourth-order valence-electron chi connectivity index (χ4n) is 5.51. The summed E-state index contributed by atoms with van der Waals surface area (Å²) >= 11 is 0. The van der Waals surface area contributed by atoms with Gasteiger partial charge in [-0.05, 0) is 19.1 Å². The number of rotatable bonds is 4. The van der Waals surface area contributed by atoms with Crippen molar-refractivity contribution in [1.82, 2.24) is 9.13 Å². The Hall–Kier alpha value is -5.37. The van der Waals surface area contributed by atoms with E-state index in [2.05, 4.69) is 6.07 Å². The smallest absolute Gasteiger partial charge is 0.264 e. The van der Waals surface area contributed by atoms with Crippen molar-refractivity contribution in [2.75, 3.05) is 0 Å². The van der Waals surface area contributed by atoms with E-state index >= 15 is 0 Å². The number of aryl methyl sites for hydroxylation is 3. The number of ether oxygens (including phenoxy) is 1. The maximum absolute atomic E-state index is 14.1. The molecule has 194 valence electrons. The zero-order chi connectivity index (χ0) is 28.2. The largest absolute Gasteiger partial charge is 0.452 e. The molecule has 7 nitrogen and oxygen atoms in total. The molecule has 1 unspecified atom stereocenters. The van der Waals surface area contributed by atoms with Crippen molar-refractivity contribution in [2.24, 2.45) is 14.1 Å². The van der Waals surface area contributed by atoms with Crippen LogP contribution in [0.5, 0.6) is 0 Å². The third kappa shape index (κ3) is 3.57. The lowest BCUT2D eigenvalue weighted by Gasteiger charge is -2.26. The summed E-state index contributed by atoms with van der Waals surface area (Å²) in [5, 5.41) is 34.6. The molecule has 5 aromatic rings. The Morgan fingerprint density at radius 3 is 2.12 bits per heavy atom. The number of benzene rings is 3. The minimum atomic E-state index is -2.25. The van der Waals surface area contributed by atoms with Gasteiger partial charge < -0.3 is 19.0 Å². The van der Waals surface area contributed by atoms with E-state index < -0.39 is 11.6 Å². The fourth-order valence-corrected chi connectivity index (χ4v) is 5.51. The summed E-state index contributed by atoms with van der Waals surface area (Å²) < 4.78 is 10.00. The van der Waals surface area contributed by atoms with Crippen LogP contribution in [0.2, 0.25) is 0 Å². The predicted octanol–water partition coefficient (Wildman–Crippen LogP) is 5.79. The van der Waals surface area contributed by atoms with Crippen molar-refractivity contribution in [3.8, 4) is 12.1 Å². The number of hydrogen-bond acceptors (Lipinski definition) is 5. The molecule has 0 radical (unpaired) electrons.